The first-order valence-corrected chi connectivity index (χ1v) is 7.10. The van der Waals surface area contributed by atoms with E-state index in [0.29, 0.717) is 23.4 Å². The molecule has 2 aromatic rings. The molecule has 0 unspecified atom stereocenters. The van der Waals surface area contributed by atoms with Crippen molar-refractivity contribution in [3.05, 3.63) is 51.3 Å². The van der Waals surface area contributed by atoms with E-state index in [0.717, 1.165) is 15.7 Å². The first-order valence-electron chi connectivity index (χ1n) is 6.30. The van der Waals surface area contributed by atoms with Crippen molar-refractivity contribution < 1.29 is 10.2 Å². The molecular formula is C15H17BrN2O2. The Labute approximate surface area is 126 Å². The van der Waals surface area contributed by atoms with Crippen molar-refractivity contribution in [1.29, 1.82) is 0 Å². The number of halogens is 1. The molecule has 4 nitrogen and oxygen atoms in total. The molecule has 0 radical (unpaired) electrons. The van der Waals surface area contributed by atoms with Crippen LogP contribution in [0.2, 0.25) is 0 Å². The smallest absolute Gasteiger partial charge is 0.142 e. The Balaban J connectivity index is 2.27. The first kappa shape index (κ1) is 14.8. The quantitative estimate of drug-likeness (QED) is 0.801. The summed E-state index contributed by atoms with van der Waals surface area (Å²) in [6, 6.07) is 5.90. The highest BCUT2D eigenvalue weighted by Crippen LogP contribution is 2.27. The highest BCUT2D eigenvalue weighted by atomic mass is 79.9. The number of anilines is 1. The van der Waals surface area contributed by atoms with Crippen LogP contribution in [0.25, 0.3) is 0 Å². The summed E-state index contributed by atoms with van der Waals surface area (Å²) < 4.78 is 1.03. The molecular weight excluding hydrogens is 320 g/mol. The molecule has 0 saturated heterocycles. The normalized spacial score (nSPS) is 10.6. The number of nitrogens with zero attached hydrogens (tertiary/aromatic N) is 1. The number of aryl methyl sites for hydroxylation is 1. The van der Waals surface area contributed by atoms with Crippen LogP contribution in [0.1, 0.15) is 22.4 Å². The van der Waals surface area contributed by atoms with Crippen LogP contribution >= 0.6 is 15.9 Å². The predicted octanol–water partition coefficient (Wildman–Crippen LogP) is 3.27. The number of aromatic hydroxyl groups is 1. The summed E-state index contributed by atoms with van der Waals surface area (Å²) in [5.74, 6) is 0.136. The highest BCUT2D eigenvalue weighted by molar-refractivity contribution is 9.10. The number of aliphatic hydroxyl groups excluding tert-OH is 1. The zero-order valence-electron chi connectivity index (χ0n) is 11.4. The van der Waals surface area contributed by atoms with Crippen molar-refractivity contribution in [3.63, 3.8) is 0 Å². The SMILES string of the molecule is Cc1ncc(CO)c(CNc2cccc(Br)c2C)c1O. The van der Waals surface area contributed by atoms with Crippen molar-refractivity contribution in [2.75, 3.05) is 5.32 Å². The van der Waals surface area contributed by atoms with E-state index in [9.17, 15) is 10.2 Å². The summed E-state index contributed by atoms with van der Waals surface area (Å²) in [6.45, 7) is 4.04. The molecule has 0 amide bonds. The van der Waals surface area contributed by atoms with Gasteiger partial charge in [0.15, 0.2) is 0 Å². The minimum absolute atomic E-state index is 0.136. The summed E-state index contributed by atoms with van der Waals surface area (Å²) in [5.41, 5.74) is 3.96. The first-order chi connectivity index (χ1) is 9.54. The average Bonchev–Trinajstić information content (AvgIpc) is 2.44. The van der Waals surface area contributed by atoms with Crippen molar-refractivity contribution in [3.8, 4) is 5.75 Å². The van der Waals surface area contributed by atoms with E-state index in [1.54, 1.807) is 13.1 Å². The van der Waals surface area contributed by atoms with E-state index in [1.165, 1.54) is 0 Å². The third kappa shape index (κ3) is 2.94. The fraction of sp³-hybridized carbons (Fsp3) is 0.267. The minimum Gasteiger partial charge on any atom is -0.506 e. The van der Waals surface area contributed by atoms with Gasteiger partial charge in [0.1, 0.15) is 5.75 Å². The highest BCUT2D eigenvalue weighted by Gasteiger charge is 2.11. The number of aliphatic hydroxyl groups is 1. The Morgan fingerprint density at radius 3 is 2.75 bits per heavy atom. The Hall–Kier alpha value is -1.59. The van der Waals surface area contributed by atoms with Gasteiger partial charge in [-0.1, -0.05) is 22.0 Å². The van der Waals surface area contributed by atoms with Crippen LogP contribution in [-0.2, 0) is 13.2 Å². The fourth-order valence-corrected chi connectivity index (χ4v) is 2.37. The van der Waals surface area contributed by atoms with E-state index in [4.69, 9.17) is 0 Å². The predicted molar refractivity (Wildman–Crippen MR) is 82.8 cm³/mol. The van der Waals surface area contributed by atoms with Gasteiger partial charge in [0.05, 0.1) is 12.3 Å². The lowest BCUT2D eigenvalue weighted by Crippen LogP contribution is -2.06. The molecule has 0 aliphatic heterocycles. The summed E-state index contributed by atoms with van der Waals surface area (Å²) >= 11 is 3.49. The maximum Gasteiger partial charge on any atom is 0.142 e. The Bertz CT molecular complexity index is 630. The van der Waals surface area contributed by atoms with Gasteiger partial charge in [-0.15, -0.1) is 0 Å². The molecule has 0 bridgehead atoms. The molecule has 106 valence electrons. The monoisotopic (exact) mass is 336 g/mol. The number of rotatable bonds is 4. The third-order valence-corrected chi connectivity index (χ3v) is 4.18. The van der Waals surface area contributed by atoms with Gasteiger partial charge in [0.2, 0.25) is 0 Å². The van der Waals surface area contributed by atoms with E-state index >= 15 is 0 Å². The number of pyridine rings is 1. The molecule has 5 heteroatoms. The zero-order valence-corrected chi connectivity index (χ0v) is 13.0. The van der Waals surface area contributed by atoms with Crippen molar-refractivity contribution in [2.24, 2.45) is 0 Å². The van der Waals surface area contributed by atoms with Gasteiger partial charge in [-0.25, -0.2) is 0 Å². The molecule has 2 rings (SSSR count). The van der Waals surface area contributed by atoms with Gasteiger partial charge in [-0.3, -0.25) is 4.98 Å². The molecule has 20 heavy (non-hydrogen) atoms. The maximum atomic E-state index is 10.1. The van der Waals surface area contributed by atoms with E-state index in [1.807, 2.05) is 25.1 Å². The Kier molecular flexibility index (Phi) is 4.62. The lowest BCUT2D eigenvalue weighted by molar-refractivity contribution is 0.279. The fourth-order valence-electron chi connectivity index (χ4n) is 2.00. The van der Waals surface area contributed by atoms with E-state index in [-0.39, 0.29) is 12.4 Å². The number of hydrogen-bond donors (Lipinski definition) is 3. The van der Waals surface area contributed by atoms with Crippen molar-refractivity contribution >= 4 is 21.6 Å². The molecule has 0 aliphatic rings. The molecule has 3 N–H and O–H groups in total. The van der Waals surface area contributed by atoms with E-state index < -0.39 is 0 Å². The van der Waals surface area contributed by atoms with Crippen molar-refractivity contribution in [2.45, 2.75) is 27.0 Å². The number of aromatic nitrogens is 1. The van der Waals surface area contributed by atoms with Crippen LogP contribution in [0.3, 0.4) is 0 Å². The minimum atomic E-state index is -0.144. The molecule has 1 aromatic heterocycles. The molecule has 1 aromatic carbocycles. The lowest BCUT2D eigenvalue weighted by Gasteiger charge is -2.15. The zero-order chi connectivity index (χ0) is 14.7. The van der Waals surface area contributed by atoms with Gasteiger partial charge in [-0.2, -0.15) is 0 Å². The Morgan fingerprint density at radius 2 is 2.05 bits per heavy atom. The van der Waals surface area contributed by atoms with Crippen LogP contribution in [0.5, 0.6) is 5.75 Å². The van der Waals surface area contributed by atoms with Crippen molar-refractivity contribution in [1.82, 2.24) is 4.98 Å². The van der Waals surface area contributed by atoms with Crippen LogP contribution in [0.15, 0.2) is 28.9 Å². The van der Waals surface area contributed by atoms with Crippen LogP contribution < -0.4 is 5.32 Å². The standard InChI is InChI=1S/C15H17BrN2O2/c1-9-13(16)4-3-5-14(9)18-7-12-11(8-19)6-17-10(2)15(12)20/h3-6,18-20H,7-8H2,1-2H3. The van der Waals surface area contributed by atoms with Crippen LogP contribution in [-0.4, -0.2) is 15.2 Å². The van der Waals surface area contributed by atoms with Gasteiger partial charge in [0.25, 0.3) is 0 Å². The van der Waals surface area contributed by atoms with Gasteiger partial charge >= 0.3 is 0 Å². The summed E-state index contributed by atoms with van der Waals surface area (Å²) in [6.07, 6.45) is 1.60. The third-order valence-electron chi connectivity index (χ3n) is 3.32. The van der Waals surface area contributed by atoms with Crippen LogP contribution in [0.4, 0.5) is 5.69 Å². The van der Waals surface area contributed by atoms with Gasteiger partial charge in [-0.05, 0) is 31.5 Å². The molecule has 0 aliphatic carbocycles. The van der Waals surface area contributed by atoms with E-state index in [2.05, 4.69) is 26.2 Å². The lowest BCUT2D eigenvalue weighted by atomic mass is 10.1. The summed E-state index contributed by atoms with van der Waals surface area (Å²) in [4.78, 5) is 4.05. The van der Waals surface area contributed by atoms with Gasteiger partial charge < -0.3 is 15.5 Å². The topological polar surface area (TPSA) is 65.4 Å². The average molecular weight is 337 g/mol. The molecule has 0 spiro atoms. The molecule has 0 saturated carbocycles. The molecule has 1 heterocycles. The second-order valence-electron chi connectivity index (χ2n) is 4.62. The van der Waals surface area contributed by atoms with Gasteiger partial charge in [0, 0.05) is 34.0 Å². The molecule has 0 fully saturated rings. The second-order valence-corrected chi connectivity index (χ2v) is 5.47. The maximum absolute atomic E-state index is 10.1. The van der Waals surface area contributed by atoms with Crippen LogP contribution in [0, 0.1) is 13.8 Å². The second kappa shape index (κ2) is 6.24. The molecule has 0 atom stereocenters. The largest absolute Gasteiger partial charge is 0.506 e. The Morgan fingerprint density at radius 1 is 1.30 bits per heavy atom. The number of hydrogen-bond acceptors (Lipinski definition) is 4. The number of nitrogens with one attached hydrogen (secondary N) is 1. The summed E-state index contributed by atoms with van der Waals surface area (Å²) in [5, 5.41) is 22.7. The number of benzene rings is 1. The summed E-state index contributed by atoms with van der Waals surface area (Å²) in [7, 11) is 0.